The maximum absolute atomic E-state index is 5.52. The lowest BCUT2D eigenvalue weighted by Gasteiger charge is -2.06. The van der Waals surface area contributed by atoms with Crippen molar-refractivity contribution in [1.29, 1.82) is 0 Å². The summed E-state index contributed by atoms with van der Waals surface area (Å²) in [5, 5.41) is 2.87. The van der Waals surface area contributed by atoms with Crippen molar-refractivity contribution >= 4 is 11.8 Å². The summed E-state index contributed by atoms with van der Waals surface area (Å²) in [6, 6.07) is 5.29. The first-order valence-corrected chi connectivity index (χ1v) is 4.75. The van der Waals surface area contributed by atoms with Gasteiger partial charge in [-0.25, -0.2) is 0 Å². The number of ether oxygens (including phenoxy) is 1. The minimum absolute atomic E-state index is 0.168. The van der Waals surface area contributed by atoms with Gasteiger partial charge in [-0.1, -0.05) is 0 Å². The minimum Gasteiger partial charge on any atom is -0.469 e. The van der Waals surface area contributed by atoms with Crippen molar-refractivity contribution in [3.05, 3.63) is 30.2 Å². The van der Waals surface area contributed by atoms with Gasteiger partial charge in [-0.05, 0) is 12.1 Å². The second-order valence-electron chi connectivity index (χ2n) is 3.07. The number of aromatic nitrogens is 2. The molecule has 0 spiro atoms. The van der Waals surface area contributed by atoms with Gasteiger partial charge in [-0.15, -0.1) is 0 Å². The molecule has 2 heterocycles. The molecule has 84 valence electrons. The summed E-state index contributed by atoms with van der Waals surface area (Å²) in [4.78, 5) is 7.89. The molecule has 6 nitrogen and oxygen atoms in total. The molecule has 16 heavy (non-hydrogen) atoms. The molecule has 6 heteroatoms. The summed E-state index contributed by atoms with van der Waals surface area (Å²) in [5.74, 6) is 1.92. The zero-order chi connectivity index (χ0) is 11.4. The van der Waals surface area contributed by atoms with Crippen LogP contribution in [0.3, 0.4) is 0 Å². The molecule has 0 atom stereocenters. The van der Waals surface area contributed by atoms with E-state index in [-0.39, 0.29) is 5.95 Å². The summed E-state index contributed by atoms with van der Waals surface area (Å²) < 4.78 is 10.5. The molecular weight excluding hydrogens is 208 g/mol. The molecule has 0 aliphatic rings. The van der Waals surface area contributed by atoms with Gasteiger partial charge in [-0.2, -0.15) is 9.97 Å². The Hall–Kier alpha value is -2.24. The Morgan fingerprint density at radius 3 is 3.06 bits per heavy atom. The van der Waals surface area contributed by atoms with Gasteiger partial charge in [-0.3, -0.25) is 0 Å². The highest BCUT2D eigenvalue weighted by molar-refractivity contribution is 5.42. The average molecular weight is 220 g/mol. The predicted octanol–water partition coefficient (Wildman–Crippen LogP) is 1.27. The number of nitrogen functional groups attached to an aromatic ring is 1. The molecule has 0 aliphatic carbocycles. The van der Waals surface area contributed by atoms with E-state index in [1.807, 2.05) is 6.07 Å². The maximum Gasteiger partial charge on any atom is 0.225 e. The smallest absolute Gasteiger partial charge is 0.225 e. The third-order valence-electron chi connectivity index (χ3n) is 1.92. The number of rotatable bonds is 4. The summed E-state index contributed by atoms with van der Waals surface area (Å²) >= 11 is 0. The van der Waals surface area contributed by atoms with E-state index >= 15 is 0 Å². The number of furan rings is 1. The Labute approximate surface area is 92.5 Å². The van der Waals surface area contributed by atoms with E-state index in [2.05, 4.69) is 15.3 Å². The van der Waals surface area contributed by atoms with Crippen LogP contribution in [0.5, 0.6) is 5.88 Å². The molecule has 2 aromatic heterocycles. The maximum atomic E-state index is 5.52. The fourth-order valence-corrected chi connectivity index (χ4v) is 1.18. The van der Waals surface area contributed by atoms with Gasteiger partial charge >= 0.3 is 0 Å². The highest BCUT2D eigenvalue weighted by Crippen LogP contribution is 2.15. The van der Waals surface area contributed by atoms with Crippen molar-refractivity contribution in [2.75, 3.05) is 18.1 Å². The van der Waals surface area contributed by atoms with Gasteiger partial charge in [0.15, 0.2) is 0 Å². The highest BCUT2D eigenvalue weighted by Gasteiger charge is 2.03. The Bertz CT molecular complexity index is 456. The van der Waals surface area contributed by atoms with Crippen LogP contribution in [0.1, 0.15) is 5.76 Å². The van der Waals surface area contributed by atoms with Gasteiger partial charge in [0.1, 0.15) is 18.2 Å². The molecule has 0 aromatic carbocycles. The van der Waals surface area contributed by atoms with Crippen molar-refractivity contribution in [1.82, 2.24) is 9.97 Å². The molecule has 0 unspecified atom stereocenters. The van der Waals surface area contributed by atoms with Gasteiger partial charge < -0.3 is 20.2 Å². The fraction of sp³-hybridized carbons (Fsp3) is 0.200. The van der Waals surface area contributed by atoms with Crippen molar-refractivity contribution < 1.29 is 9.15 Å². The second kappa shape index (κ2) is 4.52. The minimum atomic E-state index is 0.168. The lowest BCUT2D eigenvalue weighted by Crippen LogP contribution is -2.03. The molecule has 0 amide bonds. The molecule has 0 saturated carbocycles. The predicted molar refractivity (Wildman–Crippen MR) is 59.0 cm³/mol. The third-order valence-corrected chi connectivity index (χ3v) is 1.92. The first-order chi connectivity index (χ1) is 7.78. The Kier molecular flexibility index (Phi) is 2.90. The largest absolute Gasteiger partial charge is 0.469 e. The second-order valence-corrected chi connectivity index (χ2v) is 3.07. The standard InChI is InChI=1S/C10H12N4O2/c1-12-8-5-9(14-10(11)13-8)16-6-7-3-2-4-15-7/h2-5H,6H2,1H3,(H3,11,12,13,14). The lowest BCUT2D eigenvalue weighted by atomic mass is 10.5. The zero-order valence-corrected chi connectivity index (χ0v) is 8.80. The number of hydrogen-bond donors (Lipinski definition) is 2. The van der Waals surface area contributed by atoms with Crippen LogP contribution in [0, 0.1) is 0 Å². The van der Waals surface area contributed by atoms with Crippen LogP contribution >= 0.6 is 0 Å². The monoisotopic (exact) mass is 220 g/mol. The molecule has 0 bridgehead atoms. The van der Waals surface area contributed by atoms with Crippen LogP contribution in [0.15, 0.2) is 28.9 Å². The van der Waals surface area contributed by atoms with E-state index in [0.717, 1.165) is 5.76 Å². The molecule has 2 aromatic rings. The Balaban J connectivity index is 2.06. The summed E-state index contributed by atoms with van der Waals surface area (Å²) in [7, 11) is 1.75. The summed E-state index contributed by atoms with van der Waals surface area (Å²) in [6.07, 6.45) is 1.59. The molecule has 2 rings (SSSR count). The normalized spacial score (nSPS) is 10.1. The van der Waals surface area contributed by atoms with Crippen LogP contribution in [-0.4, -0.2) is 17.0 Å². The van der Waals surface area contributed by atoms with Crippen LogP contribution in [0.2, 0.25) is 0 Å². The summed E-state index contributed by atoms with van der Waals surface area (Å²) in [5.41, 5.74) is 5.52. The fourth-order valence-electron chi connectivity index (χ4n) is 1.18. The van der Waals surface area contributed by atoms with Gasteiger partial charge in [0.25, 0.3) is 0 Å². The van der Waals surface area contributed by atoms with Crippen molar-refractivity contribution in [2.24, 2.45) is 0 Å². The Morgan fingerprint density at radius 1 is 1.50 bits per heavy atom. The van der Waals surface area contributed by atoms with E-state index in [9.17, 15) is 0 Å². The van der Waals surface area contributed by atoms with Gasteiger partial charge in [0.05, 0.1) is 6.26 Å². The topological polar surface area (TPSA) is 86.2 Å². The SMILES string of the molecule is CNc1cc(OCc2ccco2)nc(N)n1. The molecule has 0 radical (unpaired) electrons. The highest BCUT2D eigenvalue weighted by atomic mass is 16.5. The van der Waals surface area contributed by atoms with E-state index in [1.165, 1.54) is 0 Å². The number of hydrogen-bond acceptors (Lipinski definition) is 6. The number of nitrogens with two attached hydrogens (primary N) is 1. The van der Waals surface area contributed by atoms with Crippen molar-refractivity contribution in [3.8, 4) is 5.88 Å². The van der Waals surface area contributed by atoms with Crippen molar-refractivity contribution in [3.63, 3.8) is 0 Å². The number of anilines is 2. The van der Waals surface area contributed by atoms with E-state index in [1.54, 1.807) is 25.4 Å². The first-order valence-electron chi connectivity index (χ1n) is 4.75. The third kappa shape index (κ3) is 2.41. The van der Waals surface area contributed by atoms with Crippen LogP contribution < -0.4 is 15.8 Å². The van der Waals surface area contributed by atoms with E-state index < -0.39 is 0 Å². The van der Waals surface area contributed by atoms with Gasteiger partial charge in [0, 0.05) is 13.1 Å². The number of nitrogens with one attached hydrogen (secondary N) is 1. The molecule has 3 N–H and O–H groups in total. The number of nitrogens with zero attached hydrogens (tertiary/aromatic N) is 2. The van der Waals surface area contributed by atoms with Crippen LogP contribution in [0.25, 0.3) is 0 Å². The average Bonchev–Trinajstić information content (AvgIpc) is 2.78. The zero-order valence-electron chi connectivity index (χ0n) is 8.80. The molecular formula is C10H12N4O2. The van der Waals surface area contributed by atoms with Crippen LogP contribution in [-0.2, 0) is 6.61 Å². The van der Waals surface area contributed by atoms with Crippen molar-refractivity contribution in [2.45, 2.75) is 6.61 Å². The lowest BCUT2D eigenvalue weighted by molar-refractivity contribution is 0.261. The first kappa shape index (κ1) is 10.3. The van der Waals surface area contributed by atoms with Crippen LogP contribution in [0.4, 0.5) is 11.8 Å². The summed E-state index contributed by atoms with van der Waals surface area (Å²) in [6.45, 7) is 0.312. The van der Waals surface area contributed by atoms with E-state index in [0.29, 0.717) is 18.3 Å². The van der Waals surface area contributed by atoms with E-state index in [4.69, 9.17) is 14.9 Å². The molecule has 0 saturated heterocycles. The Morgan fingerprint density at radius 2 is 2.38 bits per heavy atom. The van der Waals surface area contributed by atoms with Gasteiger partial charge in [0.2, 0.25) is 11.8 Å². The molecule has 0 fully saturated rings. The molecule has 0 aliphatic heterocycles. The quantitative estimate of drug-likeness (QED) is 0.807.